The lowest BCUT2D eigenvalue weighted by Crippen LogP contribution is -2.50. The summed E-state index contributed by atoms with van der Waals surface area (Å²) < 4.78 is 5.00. The molecular formula is C21H40N2O3. The Hall–Kier alpha value is -1.26. The molecule has 1 aliphatic rings. The molecule has 0 aromatic heterocycles. The fraction of sp³-hybridized carbons (Fsp3) is 0.905. The molecule has 1 rings (SSSR count). The van der Waals surface area contributed by atoms with Crippen LogP contribution in [0.2, 0.25) is 0 Å². The second kappa shape index (κ2) is 14.9. The second-order valence-corrected chi connectivity index (χ2v) is 7.35. The summed E-state index contributed by atoms with van der Waals surface area (Å²) in [6, 6.07) is 0. The number of hydrogen-bond acceptors (Lipinski definition) is 3. The molecule has 0 radical (unpaired) electrons. The van der Waals surface area contributed by atoms with Crippen molar-refractivity contribution in [3.63, 3.8) is 0 Å². The number of carbonyl (C=O) groups is 2. The molecular weight excluding hydrogens is 328 g/mol. The van der Waals surface area contributed by atoms with E-state index in [4.69, 9.17) is 4.74 Å². The average molecular weight is 369 g/mol. The molecule has 0 saturated carbocycles. The lowest BCUT2D eigenvalue weighted by atomic mass is 10.1. The Morgan fingerprint density at radius 2 is 1.15 bits per heavy atom. The van der Waals surface area contributed by atoms with E-state index in [0.29, 0.717) is 39.2 Å². The summed E-state index contributed by atoms with van der Waals surface area (Å²) in [5, 5.41) is 0. The number of carbonyl (C=O) groups excluding carboxylic acids is 2. The Bertz CT molecular complexity index is 379. The fourth-order valence-corrected chi connectivity index (χ4v) is 3.45. The summed E-state index contributed by atoms with van der Waals surface area (Å²) in [4.78, 5) is 27.5. The van der Waals surface area contributed by atoms with Gasteiger partial charge in [0.2, 0.25) is 5.91 Å². The van der Waals surface area contributed by atoms with Crippen molar-refractivity contribution in [3.8, 4) is 0 Å². The molecule has 0 aliphatic carbocycles. The first-order chi connectivity index (χ1) is 12.7. The van der Waals surface area contributed by atoms with E-state index in [-0.39, 0.29) is 12.0 Å². The molecule has 1 saturated heterocycles. The van der Waals surface area contributed by atoms with Crippen LogP contribution in [0.5, 0.6) is 0 Å². The zero-order chi connectivity index (χ0) is 19.0. The monoisotopic (exact) mass is 368 g/mol. The van der Waals surface area contributed by atoms with E-state index in [1.54, 1.807) is 4.90 Å². The van der Waals surface area contributed by atoms with E-state index in [2.05, 4.69) is 6.92 Å². The number of amides is 2. The van der Waals surface area contributed by atoms with Crippen molar-refractivity contribution in [2.75, 3.05) is 32.8 Å². The van der Waals surface area contributed by atoms with Gasteiger partial charge in [0.25, 0.3) is 0 Å². The molecule has 0 aromatic rings. The summed E-state index contributed by atoms with van der Waals surface area (Å²) in [5.74, 6) is 0.240. The third-order valence-corrected chi connectivity index (χ3v) is 5.15. The standard InChI is InChI=1S/C21H40N2O3/c1-3-5-6-7-8-9-10-11-12-13-14-15-20(24)22-16-18-23(19-17-22)21(25)26-4-2/h3-19H2,1-2H3. The van der Waals surface area contributed by atoms with Gasteiger partial charge < -0.3 is 14.5 Å². The van der Waals surface area contributed by atoms with Gasteiger partial charge in [0, 0.05) is 32.6 Å². The van der Waals surface area contributed by atoms with E-state index in [1.165, 1.54) is 57.8 Å². The molecule has 26 heavy (non-hydrogen) atoms. The maximum atomic E-state index is 12.3. The van der Waals surface area contributed by atoms with Crippen LogP contribution < -0.4 is 0 Å². The molecule has 0 N–H and O–H groups in total. The Morgan fingerprint density at radius 3 is 1.65 bits per heavy atom. The van der Waals surface area contributed by atoms with Crippen LogP contribution in [0.3, 0.4) is 0 Å². The van der Waals surface area contributed by atoms with Crippen molar-refractivity contribution in [3.05, 3.63) is 0 Å². The van der Waals surface area contributed by atoms with E-state index in [1.807, 2.05) is 11.8 Å². The molecule has 1 heterocycles. The van der Waals surface area contributed by atoms with Crippen LogP contribution in [0.1, 0.15) is 90.9 Å². The molecule has 0 unspecified atom stereocenters. The number of hydrogen-bond donors (Lipinski definition) is 0. The average Bonchev–Trinajstić information content (AvgIpc) is 2.66. The van der Waals surface area contributed by atoms with E-state index < -0.39 is 0 Å². The second-order valence-electron chi connectivity index (χ2n) is 7.35. The normalized spacial score (nSPS) is 14.5. The highest BCUT2D eigenvalue weighted by Crippen LogP contribution is 2.13. The highest BCUT2D eigenvalue weighted by molar-refractivity contribution is 5.76. The summed E-state index contributed by atoms with van der Waals surface area (Å²) in [6.45, 7) is 6.91. The van der Waals surface area contributed by atoms with E-state index in [9.17, 15) is 9.59 Å². The van der Waals surface area contributed by atoms with Gasteiger partial charge in [-0.2, -0.15) is 0 Å². The first-order valence-corrected chi connectivity index (χ1v) is 10.9. The summed E-state index contributed by atoms with van der Waals surface area (Å²) in [5.41, 5.74) is 0. The zero-order valence-corrected chi connectivity index (χ0v) is 17.1. The van der Waals surface area contributed by atoms with Gasteiger partial charge in [-0.3, -0.25) is 4.79 Å². The first-order valence-electron chi connectivity index (χ1n) is 10.9. The number of ether oxygens (including phenoxy) is 1. The van der Waals surface area contributed by atoms with Gasteiger partial charge in [-0.25, -0.2) is 4.79 Å². The predicted molar refractivity (Wildman–Crippen MR) is 106 cm³/mol. The van der Waals surface area contributed by atoms with Crippen LogP contribution in [0, 0.1) is 0 Å². The van der Waals surface area contributed by atoms with Crippen LogP contribution in [0.4, 0.5) is 4.79 Å². The van der Waals surface area contributed by atoms with Gasteiger partial charge in [0.15, 0.2) is 0 Å². The molecule has 0 aromatic carbocycles. The molecule has 152 valence electrons. The summed E-state index contributed by atoms with van der Waals surface area (Å²) in [6.07, 6.45) is 14.7. The van der Waals surface area contributed by atoms with Crippen LogP contribution in [0.15, 0.2) is 0 Å². The molecule has 0 spiro atoms. The lowest BCUT2D eigenvalue weighted by Gasteiger charge is -2.34. The van der Waals surface area contributed by atoms with Crippen molar-refractivity contribution in [1.29, 1.82) is 0 Å². The number of nitrogens with zero attached hydrogens (tertiary/aromatic N) is 2. The highest BCUT2D eigenvalue weighted by Gasteiger charge is 2.24. The number of rotatable bonds is 13. The summed E-state index contributed by atoms with van der Waals surface area (Å²) >= 11 is 0. The Balaban J connectivity index is 1.95. The molecule has 2 amide bonds. The largest absolute Gasteiger partial charge is 0.450 e. The minimum absolute atomic E-state index is 0.240. The van der Waals surface area contributed by atoms with E-state index in [0.717, 1.165) is 12.8 Å². The molecule has 1 fully saturated rings. The van der Waals surface area contributed by atoms with Gasteiger partial charge in [0.05, 0.1) is 6.61 Å². The van der Waals surface area contributed by atoms with Gasteiger partial charge in [-0.05, 0) is 13.3 Å². The van der Waals surface area contributed by atoms with Crippen molar-refractivity contribution in [2.24, 2.45) is 0 Å². The molecule has 0 atom stereocenters. The topological polar surface area (TPSA) is 49.9 Å². The lowest BCUT2D eigenvalue weighted by molar-refractivity contribution is -0.132. The summed E-state index contributed by atoms with van der Waals surface area (Å²) in [7, 11) is 0. The van der Waals surface area contributed by atoms with Gasteiger partial charge in [0.1, 0.15) is 0 Å². The van der Waals surface area contributed by atoms with Crippen molar-refractivity contribution < 1.29 is 14.3 Å². The molecule has 5 nitrogen and oxygen atoms in total. The number of piperazine rings is 1. The maximum absolute atomic E-state index is 12.3. The van der Waals surface area contributed by atoms with Crippen LogP contribution in [0.25, 0.3) is 0 Å². The Labute approximate surface area is 160 Å². The van der Waals surface area contributed by atoms with Gasteiger partial charge in [-0.15, -0.1) is 0 Å². The number of unbranched alkanes of at least 4 members (excludes halogenated alkanes) is 10. The third-order valence-electron chi connectivity index (χ3n) is 5.15. The van der Waals surface area contributed by atoms with E-state index >= 15 is 0 Å². The molecule has 1 aliphatic heterocycles. The maximum Gasteiger partial charge on any atom is 0.409 e. The van der Waals surface area contributed by atoms with Crippen LogP contribution >= 0.6 is 0 Å². The minimum Gasteiger partial charge on any atom is -0.450 e. The Kier molecular flexibility index (Phi) is 13.0. The van der Waals surface area contributed by atoms with Gasteiger partial charge >= 0.3 is 6.09 Å². The first kappa shape index (κ1) is 22.8. The fourth-order valence-electron chi connectivity index (χ4n) is 3.45. The van der Waals surface area contributed by atoms with Crippen LogP contribution in [-0.2, 0) is 9.53 Å². The zero-order valence-electron chi connectivity index (χ0n) is 17.1. The van der Waals surface area contributed by atoms with Crippen molar-refractivity contribution in [2.45, 2.75) is 90.9 Å². The predicted octanol–water partition coefficient (Wildman–Crippen LogP) is 4.99. The van der Waals surface area contributed by atoms with Crippen molar-refractivity contribution >= 4 is 12.0 Å². The SMILES string of the molecule is CCCCCCCCCCCCCC(=O)N1CCN(C(=O)OCC)CC1. The quantitative estimate of drug-likeness (QED) is 0.430. The molecule has 5 heteroatoms. The third kappa shape index (κ3) is 10.0. The highest BCUT2D eigenvalue weighted by atomic mass is 16.6. The van der Waals surface area contributed by atoms with Gasteiger partial charge in [-0.1, -0.05) is 71.1 Å². The van der Waals surface area contributed by atoms with Crippen molar-refractivity contribution in [1.82, 2.24) is 9.80 Å². The smallest absolute Gasteiger partial charge is 0.409 e. The van der Waals surface area contributed by atoms with Crippen LogP contribution in [-0.4, -0.2) is 54.6 Å². The molecule has 0 bridgehead atoms. The minimum atomic E-state index is -0.259. The Morgan fingerprint density at radius 1 is 0.692 bits per heavy atom.